The van der Waals surface area contributed by atoms with Crippen molar-refractivity contribution in [2.75, 3.05) is 6.54 Å². The number of benzene rings is 1. The molecular formula is C16H19ClN2O. The predicted molar refractivity (Wildman–Crippen MR) is 83.2 cm³/mol. The van der Waals surface area contributed by atoms with Gasteiger partial charge in [0.2, 0.25) is 0 Å². The van der Waals surface area contributed by atoms with Crippen LogP contribution in [-0.4, -0.2) is 17.4 Å². The maximum absolute atomic E-state index is 12.2. The van der Waals surface area contributed by atoms with Crippen molar-refractivity contribution < 1.29 is 4.79 Å². The summed E-state index contributed by atoms with van der Waals surface area (Å²) in [6.07, 6.45) is 4.56. The molecule has 1 aromatic carbocycles. The molecule has 0 fully saturated rings. The van der Waals surface area contributed by atoms with Gasteiger partial charge in [-0.1, -0.05) is 56.0 Å². The first-order valence-electron chi connectivity index (χ1n) is 7.06. The molecule has 1 aromatic heterocycles. The standard InChI is InChI=1S/C16H19ClN2O/c1-2-3-4-7-10-18-16(20)13-11-15(17)19-14-9-6-5-8-12(13)14/h5-6,8-9,11H,2-4,7,10H2,1H3,(H,18,20). The maximum Gasteiger partial charge on any atom is 0.252 e. The van der Waals surface area contributed by atoms with Crippen LogP contribution in [-0.2, 0) is 0 Å². The Balaban J connectivity index is 2.09. The fourth-order valence-electron chi connectivity index (χ4n) is 2.18. The lowest BCUT2D eigenvalue weighted by Gasteiger charge is -2.08. The molecule has 4 heteroatoms. The summed E-state index contributed by atoms with van der Waals surface area (Å²) in [5.74, 6) is -0.0815. The molecule has 0 aliphatic carbocycles. The van der Waals surface area contributed by atoms with E-state index in [-0.39, 0.29) is 5.91 Å². The number of fused-ring (bicyclic) bond motifs is 1. The number of aromatic nitrogens is 1. The topological polar surface area (TPSA) is 42.0 Å². The van der Waals surface area contributed by atoms with Crippen LogP contribution in [0.25, 0.3) is 10.9 Å². The Kier molecular flexibility index (Phi) is 5.36. The highest BCUT2D eigenvalue weighted by Gasteiger charge is 2.11. The monoisotopic (exact) mass is 290 g/mol. The predicted octanol–water partition coefficient (Wildman–Crippen LogP) is 4.20. The van der Waals surface area contributed by atoms with Crippen LogP contribution in [0.2, 0.25) is 5.15 Å². The first kappa shape index (κ1) is 14.8. The highest BCUT2D eigenvalue weighted by atomic mass is 35.5. The van der Waals surface area contributed by atoms with Crippen molar-refractivity contribution in [3.63, 3.8) is 0 Å². The number of nitrogens with zero attached hydrogens (tertiary/aromatic N) is 1. The number of amides is 1. The molecule has 0 aliphatic heterocycles. The molecule has 0 saturated heterocycles. The third-order valence-electron chi connectivity index (χ3n) is 3.25. The lowest BCUT2D eigenvalue weighted by molar-refractivity contribution is 0.0954. The van der Waals surface area contributed by atoms with Crippen molar-refractivity contribution in [1.82, 2.24) is 10.3 Å². The first-order chi connectivity index (χ1) is 9.72. The minimum atomic E-state index is -0.0815. The van der Waals surface area contributed by atoms with E-state index in [1.807, 2.05) is 24.3 Å². The zero-order chi connectivity index (χ0) is 14.4. The lowest BCUT2D eigenvalue weighted by Crippen LogP contribution is -2.24. The van der Waals surface area contributed by atoms with Gasteiger partial charge in [0.15, 0.2) is 0 Å². The fraction of sp³-hybridized carbons (Fsp3) is 0.375. The molecule has 0 saturated carbocycles. The van der Waals surface area contributed by atoms with Gasteiger partial charge in [-0.2, -0.15) is 0 Å². The van der Waals surface area contributed by atoms with Crippen LogP contribution in [0.1, 0.15) is 43.0 Å². The number of carbonyl (C=O) groups is 1. The van der Waals surface area contributed by atoms with E-state index in [4.69, 9.17) is 11.6 Å². The number of rotatable bonds is 6. The summed E-state index contributed by atoms with van der Waals surface area (Å²) < 4.78 is 0. The third kappa shape index (κ3) is 3.70. The smallest absolute Gasteiger partial charge is 0.252 e. The van der Waals surface area contributed by atoms with Crippen LogP contribution < -0.4 is 5.32 Å². The molecule has 1 heterocycles. The summed E-state index contributed by atoms with van der Waals surface area (Å²) in [7, 11) is 0. The highest BCUT2D eigenvalue weighted by Crippen LogP contribution is 2.20. The lowest BCUT2D eigenvalue weighted by atomic mass is 10.1. The third-order valence-corrected chi connectivity index (χ3v) is 3.44. The van der Waals surface area contributed by atoms with Gasteiger partial charge in [0.1, 0.15) is 5.15 Å². The zero-order valence-electron chi connectivity index (χ0n) is 11.7. The van der Waals surface area contributed by atoms with Crippen LogP contribution >= 0.6 is 11.6 Å². The van der Waals surface area contributed by atoms with Gasteiger partial charge in [0.05, 0.1) is 11.1 Å². The maximum atomic E-state index is 12.2. The molecule has 0 unspecified atom stereocenters. The Bertz CT molecular complexity index is 598. The SMILES string of the molecule is CCCCCCNC(=O)c1cc(Cl)nc2ccccc12. The molecule has 0 atom stereocenters. The number of hydrogen-bond donors (Lipinski definition) is 1. The van der Waals surface area contributed by atoms with E-state index in [0.29, 0.717) is 17.3 Å². The van der Waals surface area contributed by atoms with Crippen molar-refractivity contribution in [3.05, 3.63) is 41.0 Å². The van der Waals surface area contributed by atoms with E-state index in [1.165, 1.54) is 12.8 Å². The van der Waals surface area contributed by atoms with Gasteiger partial charge in [-0.25, -0.2) is 4.98 Å². The van der Waals surface area contributed by atoms with Crippen LogP contribution in [0.15, 0.2) is 30.3 Å². The molecule has 0 bridgehead atoms. The summed E-state index contributed by atoms with van der Waals surface area (Å²) in [6, 6.07) is 9.17. The van der Waals surface area contributed by atoms with Crippen molar-refractivity contribution in [3.8, 4) is 0 Å². The van der Waals surface area contributed by atoms with Gasteiger partial charge in [-0.3, -0.25) is 4.79 Å². The average Bonchev–Trinajstić information content (AvgIpc) is 2.46. The van der Waals surface area contributed by atoms with E-state index in [2.05, 4.69) is 17.2 Å². The largest absolute Gasteiger partial charge is 0.352 e. The van der Waals surface area contributed by atoms with Crippen molar-refractivity contribution >= 4 is 28.4 Å². The molecule has 0 spiro atoms. The van der Waals surface area contributed by atoms with Gasteiger partial charge < -0.3 is 5.32 Å². The quantitative estimate of drug-likeness (QED) is 0.640. The second-order valence-corrected chi connectivity index (χ2v) is 5.21. The number of halogens is 1. The Hall–Kier alpha value is -1.61. The average molecular weight is 291 g/mol. The summed E-state index contributed by atoms with van der Waals surface area (Å²) in [6.45, 7) is 2.87. The van der Waals surface area contributed by atoms with Crippen LogP contribution in [0.3, 0.4) is 0 Å². The molecule has 0 radical (unpaired) electrons. The molecular weight excluding hydrogens is 272 g/mol. The van der Waals surface area contributed by atoms with E-state index >= 15 is 0 Å². The molecule has 3 nitrogen and oxygen atoms in total. The second kappa shape index (κ2) is 7.25. The van der Waals surface area contributed by atoms with Gasteiger partial charge in [0, 0.05) is 11.9 Å². The fourth-order valence-corrected chi connectivity index (χ4v) is 2.38. The number of para-hydroxylation sites is 1. The normalized spacial score (nSPS) is 10.7. The Morgan fingerprint density at radius 1 is 1.25 bits per heavy atom. The summed E-state index contributed by atoms with van der Waals surface area (Å²) in [4.78, 5) is 16.5. The first-order valence-corrected chi connectivity index (χ1v) is 7.43. The van der Waals surface area contributed by atoms with Gasteiger partial charge in [0.25, 0.3) is 5.91 Å². The molecule has 2 aromatic rings. The Morgan fingerprint density at radius 2 is 2.05 bits per heavy atom. The molecule has 2 rings (SSSR count). The molecule has 1 N–H and O–H groups in total. The van der Waals surface area contributed by atoms with E-state index in [9.17, 15) is 4.79 Å². The number of hydrogen-bond acceptors (Lipinski definition) is 2. The highest BCUT2D eigenvalue weighted by molar-refractivity contribution is 6.30. The Morgan fingerprint density at radius 3 is 2.85 bits per heavy atom. The summed E-state index contributed by atoms with van der Waals surface area (Å²) in [5.41, 5.74) is 1.34. The van der Waals surface area contributed by atoms with E-state index < -0.39 is 0 Å². The van der Waals surface area contributed by atoms with E-state index in [0.717, 1.165) is 23.7 Å². The van der Waals surface area contributed by atoms with Gasteiger partial charge >= 0.3 is 0 Å². The van der Waals surface area contributed by atoms with Crippen molar-refractivity contribution in [1.29, 1.82) is 0 Å². The number of unbranched alkanes of at least 4 members (excludes halogenated alkanes) is 3. The number of carbonyl (C=O) groups excluding carboxylic acids is 1. The minimum Gasteiger partial charge on any atom is -0.352 e. The van der Waals surface area contributed by atoms with Crippen LogP contribution in [0, 0.1) is 0 Å². The number of pyridine rings is 1. The van der Waals surface area contributed by atoms with Crippen LogP contribution in [0.5, 0.6) is 0 Å². The van der Waals surface area contributed by atoms with Gasteiger partial charge in [-0.15, -0.1) is 0 Å². The zero-order valence-corrected chi connectivity index (χ0v) is 12.4. The van der Waals surface area contributed by atoms with Crippen LogP contribution in [0.4, 0.5) is 0 Å². The van der Waals surface area contributed by atoms with E-state index in [1.54, 1.807) is 6.07 Å². The molecule has 20 heavy (non-hydrogen) atoms. The minimum absolute atomic E-state index is 0.0815. The van der Waals surface area contributed by atoms with Gasteiger partial charge in [-0.05, 0) is 18.6 Å². The van der Waals surface area contributed by atoms with Crippen molar-refractivity contribution in [2.45, 2.75) is 32.6 Å². The Labute approximate surface area is 124 Å². The summed E-state index contributed by atoms with van der Waals surface area (Å²) >= 11 is 5.98. The van der Waals surface area contributed by atoms with Crippen molar-refractivity contribution in [2.24, 2.45) is 0 Å². The summed E-state index contributed by atoms with van der Waals surface area (Å²) in [5, 5.41) is 4.13. The molecule has 106 valence electrons. The molecule has 1 amide bonds. The molecule has 0 aliphatic rings. The second-order valence-electron chi connectivity index (χ2n) is 4.83. The number of nitrogens with one attached hydrogen (secondary N) is 1.